The number of amides is 3. The van der Waals surface area contributed by atoms with Crippen molar-refractivity contribution >= 4 is 23.4 Å². The van der Waals surface area contributed by atoms with Gasteiger partial charge in [-0.2, -0.15) is 0 Å². The van der Waals surface area contributed by atoms with Crippen molar-refractivity contribution < 1.29 is 14.4 Å². The molecule has 3 amide bonds. The number of nitrogens with one attached hydrogen (secondary N) is 1. The van der Waals surface area contributed by atoms with E-state index in [1.54, 1.807) is 11.9 Å². The molecule has 1 atom stereocenters. The third kappa shape index (κ3) is 3.91. The molecule has 6 nitrogen and oxygen atoms in total. The van der Waals surface area contributed by atoms with Crippen LogP contribution in [-0.2, 0) is 26.2 Å². The van der Waals surface area contributed by atoms with Crippen molar-refractivity contribution in [2.75, 3.05) is 18.5 Å². The largest absolute Gasteiger partial charge is 0.370 e. The maximum Gasteiger partial charge on any atom is 0.237 e. The minimum absolute atomic E-state index is 0.00230. The molecular weight excluding hydrogens is 354 g/mol. The van der Waals surface area contributed by atoms with Gasteiger partial charge in [-0.25, -0.2) is 0 Å². The molecule has 3 rings (SSSR count). The van der Waals surface area contributed by atoms with Crippen LogP contribution >= 0.6 is 0 Å². The number of benzene rings is 2. The first-order valence-electron chi connectivity index (χ1n) is 9.40. The molecule has 0 radical (unpaired) electrons. The third-order valence-corrected chi connectivity index (χ3v) is 5.32. The van der Waals surface area contributed by atoms with E-state index >= 15 is 0 Å². The molecule has 1 aliphatic heterocycles. The summed E-state index contributed by atoms with van der Waals surface area (Å²) in [5.74, 6) is -0.640. The summed E-state index contributed by atoms with van der Waals surface area (Å²) < 4.78 is 0. The fourth-order valence-corrected chi connectivity index (χ4v) is 3.90. The lowest BCUT2D eigenvalue weighted by molar-refractivity contribution is -0.124. The van der Waals surface area contributed by atoms with Gasteiger partial charge < -0.3 is 16.0 Å². The van der Waals surface area contributed by atoms with E-state index in [1.165, 1.54) is 0 Å². The zero-order valence-electron chi connectivity index (χ0n) is 16.0. The molecule has 0 aliphatic carbocycles. The second kappa shape index (κ2) is 8.25. The Morgan fingerprint density at radius 1 is 1.04 bits per heavy atom. The second-order valence-corrected chi connectivity index (χ2v) is 7.19. The van der Waals surface area contributed by atoms with Crippen molar-refractivity contribution in [3.05, 3.63) is 65.7 Å². The summed E-state index contributed by atoms with van der Waals surface area (Å²) >= 11 is 0. The van der Waals surface area contributed by atoms with E-state index in [2.05, 4.69) is 5.32 Å². The summed E-state index contributed by atoms with van der Waals surface area (Å²) in [7, 11) is 1.78. The Balaban J connectivity index is 1.85. The lowest BCUT2D eigenvalue weighted by Crippen LogP contribution is -2.41. The second-order valence-electron chi connectivity index (χ2n) is 7.19. The van der Waals surface area contributed by atoms with Crippen LogP contribution in [0.25, 0.3) is 0 Å². The van der Waals surface area contributed by atoms with Crippen molar-refractivity contribution in [3.8, 4) is 0 Å². The summed E-state index contributed by atoms with van der Waals surface area (Å²) in [5.41, 5.74) is 7.21. The van der Waals surface area contributed by atoms with Crippen LogP contribution in [0.2, 0.25) is 0 Å². The Morgan fingerprint density at radius 2 is 1.71 bits per heavy atom. The van der Waals surface area contributed by atoms with E-state index in [-0.39, 0.29) is 31.2 Å². The van der Waals surface area contributed by atoms with Crippen LogP contribution in [0.4, 0.5) is 5.69 Å². The number of nitrogens with zero attached hydrogens (tertiary/aromatic N) is 1. The third-order valence-electron chi connectivity index (χ3n) is 5.32. The predicted octanol–water partition coefficient (Wildman–Crippen LogP) is 1.92. The number of hydrogen-bond acceptors (Lipinski definition) is 3. The molecule has 28 heavy (non-hydrogen) atoms. The Morgan fingerprint density at radius 3 is 2.43 bits per heavy atom. The normalized spacial score (nSPS) is 18.0. The molecule has 0 spiro atoms. The average Bonchev–Trinajstić information content (AvgIpc) is 2.90. The van der Waals surface area contributed by atoms with Crippen LogP contribution in [-0.4, -0.2) is 31.3 Å². The molecule has 2 aromatic rings. The molecule has 0 saturated carbocycles. The molecule has 2 aromatic carbocycles. The first-order chi connectivity index (χ1) is 13.4. The fourth-order valence-electron chi connectivity index (χ4n) is 3.90. The van der Waals surface area contributed by atoms with Crippen LogP contribution in [0.3, 0.4) is 0 Å². The van der Waals surface area contributed by atoms with E-state index in [4.69, 9.17) is 5.73 Å². The molecule has 1 heterocycles. The molecule has 0 fully saturated rings. The van der Waals surface area contributed by atoms with Crippen molar-refractivity contribution in [1.29, 1.82) is 0 Å². The summed E-state index contributed by atoms with van der Waals surface area (Å²) in [5, 5.41) is 2.70. The highest BCUT2D eigenvalue weighted by molar-refractivity contribution is 6.08. The zero-order valence-corrected chi connectivity index (χ0v) is 16.0. The number of hydrogen-bond donors (Lipinski definition) is 2. The number of rotatable bonds is 8. The van der Waals surface area contributed by atoms with Crippen LogP contribution in [0.1, 0.15) is 30.4 Å². The highest BCUT2D eigenvalue weighted by Gasteiger charge is 2.49. The van der Waals surface area contributed by atoms with Crippen LogP contribution < -0.4 is 16.0 Å². The minimum atomic E-state index is -0.784. The van der Waals surface area contributed by atoms with Crippen molar-refractivity contribution in [2.24, 2.45) is 5.73 Å². The molecular formula is C22H25N3O3. The van der Waals surface area contributed by atoms with Crippen LogP contribution in [0, 0.1) is 0 Å². The van der Waals surface area contributed by atoms with E-state index in [0.717, 1.165) is 16.8 Å². The number of primary amides is 1. The molecule has 1 aliphatic rings. The quantitative estimate of drug-likeness (QED) is 0.734. The van der Waals surface area contributed by atoms with Gasteiger partial charge >= 0.3 is 0 Å². The van der Waals surface area contributed by atoms with Crippen molar-refractivity contribution in [1.82, 2.24) is 5.32 Å². The average molecular weight is 379 g/mol. The smallest absolute Gasteiger partial charge is 0.237 e. The van der Waals surface area contributed by atoms with Gasteiger partial charge in [0.25, 0.3) is 0 Å². The predicted molar refractivity (Wildman–Crippen MR) is 108 cm³/mol. The van der Waals surface area contributed by atoms with Crippen molar-refractivity contribution in [3.63, 3.8) is 0 Å². The highest BCUT2D eigenvalue weighted by Crippen LogP contribution is 2.46. The summed E-state index contributed by atoms with van der Waals surface area (Å²) in [6, 6.07) is 17.6. The summed E-state index contributed by atoms with van der Waals surface area (Å²) in [6.07, 6.45) is 1.22. The van der Waals surface area contributed by atoms with Gasteiger partial charge in [-0.15, -0.1) is 0 Å². The lowest BCUT2D eigenvalue weighted by Gasteiger charge is -2.28. The van der Waals surface area contributed by atoms with Gasteiger partial charge in [-0.05, 0) is 30.0 Å². The molecule has 3 N–H and O–H groups in total. The van der Waals surface area contributed by atoms with E-state index in [9.17, 15) is 14.4 Å². The van der Waals surface area contributed by atoms with Gasteiger partial charge in [0.1, 0.15) is 0 Å². The number of para-hydroxylation sites is 1. The fraction of sp³-hybridized carbons (Fsp3) is 0.318. The van der Waals surface area contributed by atoms with E-state index < -0.39 is 11.3 Å². The number of carbonyl (C=O) groups excluding carboxylic acids is 3. The van der Waals surface area contributed by atoms with Gasteiger partial charge in [0, 0.05) is 32.1 Å². The van der Waals surface area contributed by atoms with Gasteiger partial charge in [0.2, 0.25) is 17.7 Å². The minimum Gasteiger partial charge on any atom is -0.370 e. The van der Waals surface area contributed by atoms with Gasteiger partial charge in [0.15, 0.2) is 0 Å². The Labute approximate surface area is 164 Å². The Kier molecular flexibility index (Phi) is 5.78. The Hall–Kier alpha value is -3.15. The molecule has 0 aromatic heterocycles. The van der Waals surface area contributed by atoms with Gasteiger partial charge in [-0.1, -0.05) is 48.5 Å². The molecule has 0 saturated heterocycles. The molecule has 146 valence electrons. The standard InChI is InChI=1S/C22H25N3O3/c1-25-18-10-6-5-9-17(18)22(21(25)28,15-16-7-3-2-4-8-16)13-11-20(27)24-14-12-19(23)26/h2-10H,11-15H2,1H3,(H2,23,26)(H,24,27)/t22-/m1/s1. The molecule has 0 bridgehead atoms. The number of anilines is 1. The maximum absolute atomic E-state index is 13.3. The van der Waals surface area contributed by atoms with Gasteiger partial charge in [0.05, 0.1) is 5.41 Å². The monoisotopic (exact) mass is 379 g/mol. The van der Waals surface area contributed by atoms with Crippen molar-refractivity contribution in [2.45, 2.75) is 31.1 Å². The highest BCUT2D eigenvalue weighted by atomic mass is 16.2. The van der Waals surface area contributed by atoms with Gasteiger partial charge in [-0.3, -0.25) is 14.4 Å². The van der Waals surface area contributed by atoms with Crippen LogP contribution in [0.5, 0.6) is 0 Å². The maximum atomic E-state index is 13.3. The number of nitrogens with two attached hydrogens (primary N) is 1. The number of likely N-dealkylation sites (N-methyl/N-ethyl adjacent to an activating group) is 1. The zero-order chi connectivity index (χ0) is 20.1. The number of fused-ring (bicyclic) bond motifs is 1. The number of carbonyl (C=O) groups is 3. The summed E-state index contributed by atoms with van der Waals surface area (Å²) in [4.78, 5) is 38.1. The lowest BCUT2D eigenvalue weighted by atomic mass is 9.73. The van der Waals surface area contributed by atoms with Crippen LogP contribution in [0.15, 0.2) is 54.6 Å². The topological polar surface area (TPSA) is 92.5 Å². The first-order valence-corrected chi connectivity index (χ1v) is 9.40. The van der Waals surface area contributed by atoms with E-state index in [0.29, 0.717) is 12.8 Å². The SMILES string of the molecule is CN1C(=O)[C@](CCC(=O)NCCC(N)=O)(Cc2ccccc2)c2ccccc21. The summed E-state index contributed by atoms with van der Waals surface area (Å²) in [6.45, 7) is 0.213. The van der Waals surface area contributed by atoms with E-state index in [1.807, 2.05) is 54.6 Å². The Bertz CT molecular complexity index is 882. The molecule has 0 unspecified atom stereocenters. The molecule has 6 heteroatoms. The first kappa shape index (κ1) is 19.6.